The Morgan fingerprint density at radius 2 is 2.50 bits per heavy atom. The first-order valence-corrected chi connectivity index (χ1v) is 4.15. The van der Waals surface area contributed by atoms with Crippen LogP contribution in [0.1, 0.15) is 11.8 Å². The van der Waals surface area contributed by atoms with Crippen LogP contribution in [0.2, 0.25) is 0 Å². The second-order valence-corrected chi connectivity index (χ2v) is 3.24. The van der Waals surface area contributed by atoms with Crippen molar-refractivity contribution >= 4 is 22.0 Å². The van der Waals surface area contributed by atoms with Gasteiger partial charge >= 0.3 is 5.00 Å². The van der Waals surface area contributed by atoms with E-state index in [1.807, 2.05) is 6.92 Å². The third kappa shape index (κ3) is 1.43. The summed E-state index contributed by atoms with van der Waals surface area (Å²) in [4.78, 5) is 13.8. The average Bonchev–Trinajstić information content (AvgIpc) is 2.47. The Hall–Kier alpha value is -1.41. The van der Waals surface area contributed by atoms with Gasteiger partial charge < -0.3 is 0 Å². The highest BCUT2D eigenvalue weighted by Crippen LogP contribution is 2.36. The van der Waals surface area contributed by atoms with Crippen LogP contribution in [0.3, 0.4) is 0 Å². The van der Waals surface area contributed by atoms with Crippen molar-refractivity contribution in [1.29, 1.82) is 0 Å². The lowest BCUT2D eigenvalue weighted by Gasteiger charge is -1.83. The van der Waals surface area contributed by atoms with E-state index in [1.54, 1.807) is 6.07 Å². The smallest absolute Gasteiger partial charge is 0.259 e. The Morgan fingerprint density at radius 3 is 2.83 bits per heavy atom. The number of nitro groups is 1. The van der Waals surface area contributed by atoms with E-state index in [1.165, 1.54) is 0 Å². The number of nitrogens with zero attached hydrogens (tertiary/aromatic N) is 2. The van der Waals surface area contributed by atoms with Gasteiger partial charge in [0.25, 0.3) is 5.69 Å². The fraction of sp³-hybridized carbons (Fsp3) is 0.286. The molecule has 62 valence electrons. The molecule has 0 N–H and O–H groups in total. The summed E-state index contributed by atoms with van der Waals surface area (Å²) in [5, 5.41) is 10.3. The Bertz CT molecular complexity index is 351. The van der Waals surface area contributed by atoms with Gasteiger partial charge in [0, 0.05) is 0 Å². The van der Waals surface area contributed by atoms with Crippen LogP contribution < -0.4 is 0 Å². The zero-order valence-electron chi connectivity index (χ0n) is 6.40. The summed E-state index contributed by atoms with van der Waals surface area (Å²) < 4.78 is 0. The van der Waals surface area contributed by atoms with Gasteiger partial charge in [-0.15, -0.1) is 0 Å². The predicted octanol–water partition coefficient (Wildman–Crippen LogP) is 2.77. The molecule has 1 aromatic heterocycles. The van der Waals surface area contributed by atoms with Gasteiger partial charge in [0.1, 0.15) is 0 Å². The highest BCUT2D eigenvalue weighted by atomic mass is 32.1. The molecule has 1 heterocycles. The first kappa shape index (κ1) is 8.68. The average molecular weight is 182 g/mol. The maximum absolute atomic E-state index is 10.4. The summed E-state index contributed by atoms with van der Waals surface area (Å²) in [6, 6.07) is 1.58. The van der Waals surface area contributed by atoms with Crippen LogP contribution in [-0.2, 0) is 6.42 Å². The number of rotatable bonds is 2. The molecule has 0 amide bonds. The van der Waals surface area contributed by atoms with E-state index < -0.39 is 4.92 Å². The quantitative estimate of drug-likeness (QED) is 0.401. The molecule has 0 aromatic carbocycles. The molecule has 0 aliphatic heterocycles. The minimum absolute atomic E-state index is 0.0400. The second-order valence-electron chi connectivity index (χ2n) is 2.13. The van der Waals surface area contributed by atoms with Crippen LogP contribution in [0.25, 0.3) is 4.85 Å². The van der Waals surface area contributed by atoms with Gasteiger partial charge in [0.15, 0.2) is 0 Å². The third-order valence-electron chi connectivity index (χ3n) is 1.38. The normalized spacial score (nSPS) is 9.33. The molecule has 0 atom stereocenters. The summed E-state index contributed by atoms with van der Waals surface area (Å²) in [5.41, 5.74) is 0.154. The lowest BCUT2D eigenvalue weighted by atomic mass is 10.3. The number of hydrogen-bond acceptors (Lipinski definition) is 3. The molecule has 0 aliphatic carbocycles. The van der Waals surface area contributed by atoms with Crippen LogP contribution in [0.5, 0.6) is 0 Å². The first-order chi connectivity index (χ1) is 5.69. The van der Waals surface area contributed by atoms with Crippen molar-refractivity contribution in [2.24, 2.45) is 0 Å². The summed E-state index contributed by atoms with van der Waals surface area (Å²) >= 11 is 1.08. The lowest BCUT2D eigenvalue weighted by Crippen LogP contribution is -1.81. The third-order valence-corrected chi connectivity index (χ3v) is 2.60. The van der Waals surface area contributed by atoms with Crippen LogP contribution in [-0.4, -0.2) is 4.92 Å². The number of aryl methyl sites for hydroxylation is 1. The van der Waals surface area contributed by atoms with Gasteiger partial charge in [-0.25, -0.2) is 4.85 Å². The molecule has 4 nitrogen and oxygen atoms in total. The molecule has 0 saturated heterocycles. The van der Waals surface area contributed by atoms with Crippen molar-refractivity contribution in [3.63, 3.8) is 0 Å². The van der Waals surface area contributed by atoms with E-state index in [4.69, 9.17) is 6.57 Å². The summed E-state index contributed by atoms with van der Waals surface area (Å²) in [5.74, 6) is 0. The largest absolute Gasteiger partial charge is 0.333 e. The molecular weight excluding hydrogens is 176 g/mol. The number of thiophene rings is 1. The highest BCUT2D eigenvalue weighted by molar-refractivity contribution is 7.16. The summed E-state index contributed by atoms with van der Waals surface area (Å²) in [7, 11) is 0. The minimum Gasteiger partial charge on any atom is -0.259 e. The molecule has 0 spiro atoms. The van der Waals surface area contributed by atoms with Crippen molar-refractivity contribution in [2.45, 2.75) is 13.3 Å². The molecule has 0 bridgehead atoms. The Balaban J connectivity index is 3.19. The van der Waals surface area contributed by atoms with Crippen LogP contribution in [0, 0.1) is 16.7 Å². The number of hydrogen-bond donors (Lipinski definition) is 0. The van der Waals surface area contributed by atoms with Crippen LogP contribution in [0.4, 0.5) is 10.7 Å². The van der Waals surface area contributed by atoms with E-state index in [2.05, 4.69) is 4.85 Å². The molecule has 0 unspecified atom stereocenters. The van der Waals surface area contributed by atoms with Gasteiger partial charge in [-0.2, -0.15) is 0 Å². The van der Waals surface area contributed by atoms with Crippen LogP contribution >= 0.6 is 11.3 Å². The zero-order valence-corrected chi connectivity index (χ0v) is 7.22. The Morgan fingerprint density at radius 1 is 1.83 bits per heavy atom. The maximum atomic E-state index is 10.4. The maximum Gasteiger partial charge on any atom is 0.333 e. The predicted molar refractivity (Wildman–Crippen MR) is 46.6 cm³/mol. The molecule has 12 heavy (non-hydrogen) atoms. The van der Waals surface area contributed by atoms with E-state index in [0.717, 1.165) is 22.6 Å². The molecule has 1 rings (SSSR count). The van der Waals surface area contributed by atoms with E-state index in [-0.39, 0.29) is 10.7 Å². The summed E-state index contributed by atoms with van der Waals surface area (Å²) in [6.45, 7) is 8.60. The molecule has 1 aromatic rings. The zero-order chi connectivity index (χ0) is 9.14. The lowest BCUT2D eigenvalue weighted by molar-refractivity contribution is -0.379. The molecule has 0 radical (unpaired) electrons. The minimum atomic E-state index is -0.503. The molecule has 0 fully saturated rings. The Kier molecular flexibility index (Phi) is 2.41. The highest BCUT2D eigenvalue weighted by Gasteiger charge is 2.17. The van der Waals surface area contributed by atoms with Crippen LogP contribution in [0.15, 0.2) is 6.07 Å². The van der Waals surface area contributed by atoms with E-state index in [9.17, 15) is 10.1 Å². The fourth-order valence-electron chi connectivity index (χ4n) is 0.805. The van der Waals surface area contributed by atoms with Gasteiger partial charge in [0.2, 0.25) is 0 Å². The van der Waals surface area contributed by atoms with Crippen molar-refractivity contribution in [1.82, 2.24) is 0 Å². The van der Waals surface area contributed by atoms with Crippen molar-refractivity contribution in [2.75, 3.05) is 0 Å². The first-order valence-electron chi connectivity index (χ1n) is 3.33. The van der Waals surface area contributed by atoms with Crippen molar-refractivity contribution in [3.05, 3.63) is 32.5 Å². The van der Waals surface area contributed by atoms with E-state index >= 15 is 0 Å². The van der Waals surface area contributed by atoms with Gasteiger partial charge in [0.05, 0.1) is 11.5 Å². The van der Waals surface area contributed by atoms with Gasteiger partial charge in [-0.3, -0.25) is 10.1 Å². The molecule has 0 saturated carbocycles. The monoisotopic (exact) mass is 182 g/mol. The van der Waals surface area contributed by atoms with Crippen molar-refractivity contribution < 1.29 is 4.92 Å². The topological polar surface area (TPSA) is 47.5 Å². The summed E-state index contributed by atoms with van der Waals surface area (Å²) in [6.07, 6.45) is 0.737. The molecule has 5 heteroatoms. The van der Waals surface area contributed by atoms with Gasteiger partial charge in [-0.1, -0.05) is 18.3 Å². The molecular formula is C7H6N2O2S. The SMILES string of the molecule is [C-]#[N+]c1cc(CC)sc1[N+](=O)[O-]. The van der Waals surface area contributed by atoms with Crippen molar-refractivity contribution in [3.8, 4) is 0 Å². The second kappa shape index (κ2) is 3.32. The standard InChI is InChI=1S/C7H6N2O2S/c1-3-5-4-6(8-2)7(12-5)9(10)11/h4H,3H2,1H3. The Labute approximate surface area is 73.4 Å². The van der Waals surface area contributed by atoms with Gasteiger partial charge in [-0.05, 0) is 17.4 Å². The van der Waals surface area contributed by atoms with E-state index in [0.29, 0.717) is 0 Å². The fourth-order valence-corrected chi connectivity index (χ4v) is 1.65. The molecule has 0 aliphatic rings.